The van der Waals surface area contributed by atoms with Crippen molar-refractivity contribution in [3.63, 3.8) is 0 Å². The molecule has 0 unspecified atom stereocenters. The highest BCUT2D eigenvalue weighted by molar-refractivity contribution is 7.98. The Bertz CT molecular complexity index is 779. The lowest BCUT2D eigenvalue weighted by atomic mass is 10.1. The second-order valence-electron chi connectivity index (χ2n) is 5.60. The van der Waals surface area contributed by atoms with Crippen LogP contribution in [0.2, 0.25) is 5.02 Å². The molecule has 7 heteroatoms. The summed E-state index contributed by atoms with van der Waals surface area (Å²) in [6.45, 7) is 2.86. The lowest BCUT2D eigenvalue weighted by Gasteiger charge is -2.21. The van der Waals surface area contributed by atoms with Gasteiger partial charge in [0.15, 0.2) is 11.9 Å². The standard InChI is InChI=1S/C17H19ClN2O3S/c1-2-3-4-14-7-15(21)20-17(19-14)24-9-12-6-13(18)5-11-8-22-10-23-16(11)12/h5-7H,2-4,8-10H2,1H3,(H,19,20,21). The highest BCUT2D eigenvalue weighted by atomic mass is 35.5. The molecule has 0 fully saturated rings. The molecule has 0 spiro atoms. The monoisotopic (exact) mass is 366 g/mol. The van der Waals surface area contributed by atoms with Crippen LogP contribution in [0, 0.1) is 0 Å². The summed E-state index contributed by atoms with van der Waals surface area (Å²) in [7, 11) is 0. The van der Waals surface area contributed by atoms with Gasteiger partial charge >= 0.3 is 0 Å². The van der Waals surface area contributed by atoms with Gasteiger partial charge in [-0.05, 0) is 25.0 Å². The number of benzene rings is 1. The van der Waals surface area contributed by atoms with Crippen molar-refractivity contribution < 1.29 is 9.47 Å². The van der Waals surface area contributed by atoms with Crippen LogP contribution in [-0.2, 0) is 23.5 Å². The number of rotatable bonds is 6. The van der Waals surface area contributed by atoms with E-state index in [-0.39, 0.29) is 12.4 Å². The Kier molecular flexibility index (Phi) is 5.81. The summed E-state index contributed by atoms with van der Waals surface area (Å²) in [6.07, 6.45) is 2.92. The first-order valence-corrected chi connectivity index (χ1v) is 9.27. The van der Waals surface area contributed by atoms with Gasteiger partial charge in [-0.25, -0.2) is 4.98 Å². The molecule has 1 aromatic carbocycles. The van der Waals surface area contributed by atoms with Crippen molar-refractivity contribution in [2.24, 2.45) is 0 Å². The molecule has 1 aliphatic heterocycles. The second kappa shape index (κ2) is 8.05. The van der Waals surface area contributed by atoms with Gasteiger partial charge in [0.25, 0.3) is 5.56 Å². The van der Waals surface area contributed by atoms with Crippen LogP contribution in [0.3, 0.4) is 0 Å². The van der Waals surface area contributed by atoms with Crippen LogP contribution in [0.1, 0.15) is 36.6 Å². The van der Waals surface area contributed by atoms with Crippen LogP contribution in [0.25, 0.3) is 0 Å². The molecule has 5 nitrogen and oxygen atoms in total. The minimum atomic E-state index is -0.114. The van der Waals surface area contributed by atoms with Crippen molar-refractivity contribution >= 4 is 23.4 Å². The lowest BCUT2D eigenvalue weighted by Crippen LogP contribution is -2.13. The number of H-pyrrole nitrogens is 1. The summed E-state index contributed by atoms with van der Waals surface area (Å²) < 4.78 is 10.9. The molecule has 1 aromatic heterocycles. The van der Waals surface area contributed by atoms with Gasteiger partial charge in [-0.1, -0.05) is 36.7 Å². The van der Waals surface area contributed by atoms with E-state index in [1.807, 2.05) is 12.1 Å². The first-order chi connectivity index (χ1) is 11.7. The summed E-state index contributed by atoms with van der Waals surface area (Å²) in [6, 6.07) is 5.31. The van der Waals surface area contributed by atoms with E-state index in [1.165, 1.54) is 11.8 Å². The zero-order chi connectivity index (χ0) is 16.9. The topological polar surface area (TPSA) is 64.2 Å². The summed E-state index contributed by atoms with van der Waals surface area (Å²) in [4.78, 5) is 19.1. The average molecular weight is 367 g/mol. The Balaban J connectivity index is 1.77. The van der Waals surface area contributed by atoms with Crippen LogP contribution in [-0.4, -0.2) is 16.8 Å². The van der Waals surface area contributed by atoms with Gasteiger partial charge in [0.1, 0.15) is 5.75 Å². The predicted molar refractivity (Wildman–Crippen MR) is 94.8 cm³/mol. The number of aromatic nitrogens is 2. The SMILES string of the molecule is CCCCc1cc(=O)[nH]c(SCc2cc(Cl)cc3c2OCOC3)n1. The highest BCUT2D eigenvalue weighted by Gasteiger charge is 2.17. The van der Waals surface area contributed by atoms with Crippen molar-refractivity contribution in [1.29, 1.82) is 0 Å². The Morgan fingerprint density at radius 2 is 2.25 bits per heavy atom. The maximum Gasteiger partial charge on any atom is 0.251 e. The number of nitrogens with one attached hydrogen (secondary N) is 1. The molecule has 0 atom stereocenters. The Morgan fingerprint density at radius 1 is 1.38 bits per heavy atom. The minimum absolute atomic E-state index is 0.114. The number of aromatic amines is 1. The van der Waals surface area contributed by atoms with Gasteiger partial charge in [0.05, 0.1) is 6.61 Å². The minimum Gasteiger partial charge on any atom is -0.467 e. The number of hydrogen-bond acceptors (Lipinski definition) is 5. The molecule has 0 aliphatic carbocycles. The maximum atomic E-state index is 11.8. The number of unbranched alkanes of at least 4 members (excludes halogenated alkanes) is 1. The molecule has 1 aliphatic rings. The third-order valence-electron chi connectivity index (χ3n) is 3.68. The predicted octanol–water partition coefficient (Wildman–Crippen LogP) is 3.92. The van der Waals surface area contributed by atoms with E-state index >= 15 is 0 Å². The van der Waals surface area contributed by atoms with Crippen LogP contribution in [0.5, 0.6) is 5.75 Å². The van der Waals surface area contributed by atoms with E-state index in [9.17, 15) is 4.79 Å². The fraction of sp³-hybridized carbons (Fsp3) is 0.412. The van der Waals surface area contributed by atoms with E-state index in [2.05, 4.69) is 16.9 Å². The number of thioether (sulfide) groups is 1. The molecule has 2 aromatic rings. The van der Waals surface area contributed by atoms with Crippen molar-refractivity contribution in [3.05, 3.63) is 50.4 Å². The number of nitrogens with zero attached hydrogens (tertiary/aromatic N) is 1. The fourth-order valence-electron chi connectivity index (χ4n) is 2.55. The van der Waals surface area contributed by atoms with Gasteiger partial charge < -0.3 is 14.5 Å². The zero-order valence-electron chi connectivity index (χ0n) is 13.4. The van der Waals surface area contributed by atoms with Crippen LogP contribution < -0.4 is 10.3 Å². The smallest absolute Gasteiger partial charge is 0.251 e. The van der Waals surface area contributed by atoms with Crippen molar-refractivity contribution in [3.8, 4) is 5.75 Å². The molecule has 0 amide bonds. The Labute approximate surface area is 149 Å². The summed E-state index contributed by atoms with van der Waals surface area (Å²) in [5.41, 5.74) is 2.65. The molecule has 24 heavy (non-hydrogen) atoms. The first-order valence-electron chi connectivity index (χ1n) is 7.90. The number of fused-ring (bicyclic) bond motifs is 1. The fourth-order valence-corrected chi connectivity index (χ4v) is 3.67. The van der Waals surface area contributed by atoms with Gasteiger partial charge in [-0.15, -0.1) is 0 Å². The van der Waals surface area contributed by atoms with Gasteiger partial charge in [0.2, 0.25) is 0 Å². The zero-order valence-corrected chi connectivity index (χ0v) is 15.0. The third kappa shape index (κ3) is 4.32. The Morgan fingerprint density at radius 3 is 3.08 bits per heavy atom. The highest BCUT2D eigenvalue weighted by Crippen LogP contribution is 2.34. The molecule has 0 bridgehead atoms. The molecule has 128 valence electrons. The normalized spacial score (nSPS) is 13.4. The second-order valence-corrected chi connectivity index (χ2v) is 7.00. The van der Waals surface area contributed by atoms with Gasteiger partial charge in [-0.2, -0.15) is 0 Å². The summed E-state index contributed by atoms with van der Waals surface area (Å²) in [5.74, 6) is 1.44. The summed E-state index contributed by atoms with van der Waals surface area (Å²) in [5, 5.41) is 1.27. The van der Waals surface area contributed by atoms with E-state index in [0.717, 1.165) is 41.8 Å². The molecule has 0 saturated carbocycles. The maximum absolute atomic E-state index is 11.8. The van der Waals surface area contributed by atoms with E-state index in [1.54, 1.807) is 6.07 Å². The summed E-state index contributed by atoms with van der Waals surface area (Å²) >= 11 is 7.65. The molecular formula is C17H19ClN2O3S. The molecule has 1 N–H and O–H groups in total. The van der Waals surface area contributed by atoms with E-state index < -0.39 is 0 Å². The van der Waals surface area contributed by atoms with Crippen LogP contribution in [0.15, 0.2) is 28.2 Å². The number of aryl methyl sites for hydroxylation is 1. The van der Waals surface area contributed by atoms with Crippen molar-refractivity contribution in [2.45, 2.75) is 43.7 Å². The molecule has 0 saturated heterocycles. The van der Waals surface area contributed by atoms with E-state index in [4.69, 9.17) is 21.1 Å². The van der Waals surface area contributed by atoms with E-state index in [0.29, 0.717) is 22.5 Å². The number of halogens is 1. The number of ether oxygens (including phenoxy) is 2. The van der Waals surface area contributed by atoms with Crippen molar-refractivity contribution in [2.75, 3.05) is 6.79 Å². The molecule has 3 rings (SSSR count). The van der Waals surface area contributed by atoms with Crippen molar-refractivity contribution in [1.82, 2.24) is 9.97 Å². The van der Waals surface area contributed by atoms with Gasteiger partial charge in [0, 0.05) is 33.7 Å². The van der Waals surface area contributed by atoms with Crippen LogP contribution >= 0.6 is 23.4 Å². The average Bonchev–Trinajstić information content (AvgIpc) is 2.57. The molecule has 0 radical (unpaired) electrons. The largest absolute Gasteiger partial charge is 0.467 e. The third-order valence-corrected chi connectivity index (χ3v) is 4.82. The van der Waals surface area contributed by atoms with Crippen LogP contribution in [0.4, 0.5) is 0 Å². The molecule has 2 heterocycles. The number of hydrogen-bond donors (Lipinski definition) is 1. The van der Waals surface area contributed by atoms with Gasteiger partial charge in [-0.3, -0.25) is 4.79 Å². The first kappa shape index (κ1) is 17.3. The Hall–Kier alpha value is -1.50. The lowest BCUT2D eigenvalue weighted by molar-refractivity contribution is -0.0168. The molecular weight excluding hydrogens is 348 g/mol. The quantitative estimate of drug-likeness (QED) is 0.620.